The Morgan fingerprint density at radius 1 is 1.08 bits per heavy atom. The van der Waals surface area contributed by atoms with Gasteiger partial charge in [0.1, 0.15) is 5.82 Å². The Morgan fingerprint density at radius 3 is 2.62 bits per heavy atom. The minimum absolute atomic E-state index is 0.172. The van der Waals surface area contributed by atoms with E-state index in [1.54, 1.807) is 24.4 Å². The van der Waals surface area contributed by atoms with E-state index in [1.165, 1.54) is 0 Å². The van der Waals surface area contributed by atoms with Crippen LogP contribution in [0.1, 0.15) is 22.4 Å². The molecule has 0 unspecified atom stereocenters. The average molecular weight is 340 g/mol. The maximum absolute atomic E-state index is 9.13. The summed E-state index contributed by atoms with van der Waals surface area (Å²) >= 11 is 0. The number of pyridine rings is 1. The monoisotopic (exact) mass is 340 g/mol. The predicted molar refractivity (Wildman–Crippen MR) is 101 cm³/mol. The summed E-state index contributed by atoms with van der Waals surface area (Å²) in [5, 5.41) is 12.1. The third-order valence-corrected chi connectivity index (χ3v) is 3.72. The minimum atomic E-state index is 0.172. The number of aromatic nitrogens is 3. The van der Waals surface area contributed by atoms with Gasteiger partial charge in [0.15, 0.2) is 0 Å². The number of hydrogen-bond donors (Lipinski definition) is 2. The Morgan fingerprint density at radius 2 is 1.92 bits per heavy atom. The van der Waals surface area contributed by atoms with Crippen molar-refractivity contribution in [2.75, 3.05) is 18.1 Å². The van der Waals surface area contributed by atoms with Crippen molar-refractivity contribution in [1.29, 1.82) is 5.26 Å². The molecule has 3 N–H and O–H groups in total. The van der Waals surface area contributed by atoms with Gasteiger partial charge in [-0.2, -0.15) is 5.26 Å². The second-order valence-electron chi connectivity index (χ2n) is 5.52. The number of nitrogens with two attached hydrogens (primary N) is 1. The second kappa shape index (κ2) is 7.33. The quantitative estimate of drug-likeness (QED) is 0.696. The lowest BCUT2D eigenvalue weighted by Crippen LogP contribution is -2.03. The van der Waals surface area contributed by atoms with E-state index in [4.69, 9.17) is 11.0 Å². The highest BCUT2D eigenvalue weighted by molar-refractivity contribution is 5.71. The first-order valence-electron chi connectivity index (χ1n) is 7.91. The van der Waals surface area contributed by atoms with Crippen molar-refractivity contribution >= 4 is 11.8 Å². The fourth-order valence-corrected chi connectivity index (χ4v) is 2.44. The van der Waals surface area contributed by atoms with Gasteiger partial charge in [0, 0.05) is 24.4 Å². The molecule has 1 aromatic carbocycles. The van der Waals surface area contributed by atoms with E-state index in [1.807, 2.05) is 32.2 Å². The summed E-state index contributed by atoms with van der Waals surface area (Å²) in [6, 6.07) is 13.0. The Balaban J connectivity index is 2.10. The number of rotatable bonds is 2. The van der Waals surface area contributed by atoms with Crippen LogP contribution in [0.15, 0.2) is 42.6 Å². The van der Waals surface area contributed by atoms with Gasteiger partial charge in [0.05, 0.1) is 28.6 Å². The molecule has 2 aromatic heterocycles. The summed E-state index contributed by atoms with van der Waals surface area (Å²) in [4.78, 5) is 12.8. The molecule has 0 spiro atoms. The number of hydrogen-bond acceptors (Lipinski definition) is 6. The first-order chi connectivity index (χ1) is 12.6. The normalized spacial score (nSPS) is 9.73. The Bertz CT molecular complexity index is 1050. The van der Waals surface area contributed by atoms with Crippen molar-refractivity contribution < 1.29 is 0 Å². The van der Waals surface area contributed by atoms with Crippen LogP contribution in [0, 0.1) is 30.1 Å². The average Bonchev–Trinajstić information content (AvgIpc) is 2.67. The summed E-state index contributed by atoms with van der Waals surface area (Å²) in [6.07, 6.45) is 1.70. The smallest absolute Gasteiger partial charge is 0.220 e. The molecule has 0 atom stereocenters. The van der Waals surface area contributed by atoms with Gasteiger partial charge in [-0.05, 0) is 31.2 Å². The van der Waals surface area contributed by atoms with Gasteiger partial charge in [-0.1, -0.05) is 24.0 Å². The molecule has 0 saturated carbocycles. The fraction of sp³-hybridized carbons (Fsp3) is 0.100. The van der Waals surface area contributed by atoms with Crippen molar-refractivity contribution in [3.8, 4) is 29.2 Å². The van der Waals surface area contributed by atoms with Crippen molar-refractivity contribution in [2.45, 2.75) is 6.92 Å². The standard InChI is InChI=1S/C20H16N6/c1-13-17(8-6-14-7-9-18(23-2)24-12-14)19(26-20(22)25-13)16-5-3-4-15(10-16)11-21/h3-5,7,9-10,12H,1-2H3,(H,23,24)(H2,22,25,26). The van der Waals surface area contributed by atoms with Crippen LogP contribution >= 0.6 is 0 Å². The highest BCUT2D eigenvalue weighted by Crippen LogP contribution is 2.24. The van der Waals surface area contributed by atoms with E-state index < -0.39 is 0 Å². The summed E-state index contributed by atoms with van der Waals surface area (Å²) in [6.45, 7) is 1.84. The maximum atomic E-state index is 9.13. The predicted octanol–water partition coefficient (Wildman–Crippen LogP) is 2.74. The molecular formula is C20H16N6. The van der Waals surface area contributed by atoms with Crippen molar-refractivity contribution in [3.63, 3.8) is 0 Å². The van der Waals surface area contributed by atoms with Crippen LogP contribution < -0.4 is 11.1 Å². The Kier molecular flexibility index (Phi) is 4.78. The zero-order valence-electron chi connectivity index (χ0n) is 14.4. The van der Waals surface area contributed by atoms with Crippen molar-refractivity contribution in [1.82, 2.24) is 15.0 Å². The molecule has 6 nitrogen and oxygen atoms in total. The number of benzene rings is 1. The molecule has 0 aliphatic heterocycles. The fourth-order valence-electron chi connectivity index (χ4n) is 2.44. The molecule has 6 heteroatoms. The summed E-state index contributed by atoms with van der Waals surface area (Å²) in [5.74, 6) is 7.16. The third-order valence-electron chi connectivity index (χ3n) is 3.72. The highest BCUT2D eigenvalue weighted by Gasteiger charge is 2.11. The molecular weight excluding hydrogens is 324 g/mol. The molecule has 0 saturated heterocycles. The van der Waals surface area contributed by atoms with Crippen molar-refractivity contribution in [3.05, 3.63) is 65.0 Å². The van der Waals surface area contributed by atoms with Crippen LogP contribution in [0.4, 0.5) is 11.8 Å². The molecule has 2 heterocycles. The summed E-state index contributed by atoms with van der Waals surface area (Å²) < 4.78 is 0. The molecule has 3 rings (SSSR count). The molecule has 0 aliphatic carbocycles. The van der Waals surface area contributed by atoms with Crippen LogP contribution in [0.25, 0.3) is 11.3 Å². The molecule has 0 radical (unpaired) electrons. The second-order valence-corrected chi connectivity index (χ2v) is 5.52. The topological polar surface area (TPSA) is 101 Å². The summed E-state index contributed by atoms with van der Waals surface area (Å²) in [5.41, 5.74) is 9.88. The third kappa shape index (κ3) is 3.61. The van der Waals surface area contributed by atoms with Gasteiger partial charge in [-0.3, -0.25) is 0 Å². The zero-order chi connectivity index (χ0) is 18.5. The number of nitriles is 1. The van der Waals surface area contributed by atoms with Gasteiger partial charge in [-0.25, -0.2) is 15.0 Å². The zero-order valence-corrected chi connectivity index (χ0v) is 14.4. The van der Waals surface area contributed by atoms with E-state index in [-0.39, 0.29) is 5.95 Å². The van der Waals surface area contributed by atoms with Crippen LogP contribution in [0.2, 0.25) is 0 Å². The summed E-state index contributed by atoms with van der Waals surface area (Å²) in [7, 11) is 1.81. The van der Waals surface area contributed by atoms with E-state index in [0.717, 1.165) is 16.9 Å². The lowest BCUT2D eigenvalue weighted by molar-refractivity contribution is 1.11. The largest absolute Gasteiger partial charge is 0.373 e. The molecule has 0 bridgehead atoms. The maximum Gasteiger partial charge on any atom is 0.220 e. The van der Waals surface area contributed by atoms with Gasteiger partial charge in [0.2, 0.25) is 5.95 Å². The SMILES string of the molecule is CNc1ccc(C#Cc2c(C)nc(N)nc2-c2cccc(C#N)c2)cn1. The number of anilines is 2. The van der Waals surface area contributed by atoms with E-state index in [0.29, 0.717) is 22.5 Å². The van der Waals surface area contributed by atoms with Crippen LogP contribution in [-0.2, 0) is 0 Å². The molecule has 0 aliphatic rings. The Labute approximate surface area is 151 Å². The van der Waals surface area contributed by atoms with E-state index >= 15 is 0 Å². The first kappa shape index (κ1) is 16.9. The van der Waals surface area contributed by atoms with Gasteiger partial charge >= 0.3 is 0 Å². The van der Waals surface area contributed by atoms with E-state index in [2.05, 4.69) is 38.2 Å². The molecule has 126 valence electrons. The number of nitrogens with one attached hydrogen (secondary N) is 1. The van der Waals surface area contributed by atoms with Gasteiger partial charge < -0.3 is 11.1 Å². The number of nitrogens with zero attached hydrogens (tertiary/aromatic N) is 4. The van der Waals surface area contributed by atoms with Crippen LogP contribution in [0.3, 0.4) is 0 Å². The lowest BCUT2D eigenvalue weighted by Gasteiger charge is -2.08. The van der Waals surface area contributed by atoms with Gasteiger partial charge in [0.25, 0.3) is 0 Å². The molecule has 26 heavy (non-hydrogen) atoms. The first-order valence-corrected chi connectivity index (χ1v) is 7.91. The number of nitrogen functional groups attached to an aromatic ring is 1. The van der Waals surface area contributed by atoms with E-state index in [9.17, 15) is 0 Å². The number of aryl methyl sites for hydroxylation is 1. The van der Waals surface area contributed by atoms with Crippen LogP contribution in [-0.4, -0.2) is 22.0 Å². The minimum Gasteiger partial charge on any atom is -0.373 e. The molecule has 0 amide bonds. The van der Waals surface area contributed by atoms with Crippen molar-refractivity contribution in [2.24, 2.45) is 0 Å². The van der Waals surface area contributed by atoms with Crippen LogP contribution in [0.5, 0.6) is 0 Å². The lowest BCUT2D eigenvalue weighted by atomic mass is 10.0. The molecule has 0 fully saturated rings. The molecule has 3 aromatic rings. The Hall–Kier alpha value is -3.90. The highest BCUT2D eigenvalue weighted by atomic mass is 15.0. The van der Waals surface area contributed by atoms with Gasteiger partial charge in [-0.15, -0.1) is 0 Å².